The molecule has 0 aliphatic rings. The first-order chi connectivity index (χ1) is 11.6. The van der Waals surface area contributed by atoms with Crippen LogP contribution in [0.4, 0.5) is 0 Å². The second-order valence-electron chi connectivity index (χ2n) is 5.67. The quantitative estimate of drug-likeness (QED) is 0.762. The van der Waals surface area contributed by atoms with Crippen LogP contribution in [0.5, 0.6) is 5.75 Å². The van der Waals surface area contributed by atoms with Gasteiger partial charge >= 0.3 is 0 Å². The minimum atomic E-state index is -0.0876. The first-order valence-electron chi connectivity index (χ1n) is 8.28. The number of hydrogen-bond donors (Lipinski definition) is 1. The van der Waals surface area contributed by atoms with E-state index in [0.717, 1.165) is 17.1 Å². The molecule has 1 N–H and O–H groups in total. The number of rotatable bonds is 8. The smallest absolute Gasteiger partial charge is 0.233 e. The van der Waals surface area contributed by atoms with E-state index in [1.807, 2.05) is 63.2 Å². The number of ether oxygens (including phenoxy) is 1. The summed E-state index contributed by atoms with van der Waals surface area (Å²) in [4.78, 5) is 12.4. The van der Waals surface area contributed by atoms with E-state index in [4.69, 9.17) is 4.74 Å². The van der Waals surface area contributed by atoms with Crippen molar-refractivity contribution in [2.75, 3.05) is 6.61 Å². The Balaban J connectivity index is 1.83. The van der Waals surface area contributed by atoms with Gasteiger partial charge in [0, 0.05) is 5.75 Å². The number of nitrogens with one attached hydrogen (secondary N) is 1. The van der Waals surface area contributed by atoms with Gasteiger partial charge in [-0.15, -0.1) is 11.8 Å². The number of benzene rings is 2. The molecule has 2 atom stereocenters. The van der Waals surface area contributed by atoms with Crippen molar-refractivity contribution in [1.82, 2.24) is 5.32 Å². The van der Waals surface area contributed by atoms with E-state index in [0.29, 0.717) is 6.61 Å². The van der Waals surface area contributed by atoms with Gasteiger partial charge in [-0.1, -0.05) is 42.5 Å². The second-order valence-corrected chi connectivity index (χ2v) is 7.00. The van der Waals surface area contributed by atoms with Crippen molar-refractivity contribution in [3.05, 3.63) is 65.7 Å². The van der Waals surface area contributed by atoms with E-state index >= 15 is 0 Å². The molecule has 4 heteroatoms. The molecule has 0 unspecified atom stereocenters. The van der Waals surface area contributed by atoms with Gasteiger partial charge in [0.05, 0.1) is 17.9 Å². The minimum Gasteiger partial charge on any atom is -0.494 e. The molecule has 1 amide bonds. The van der Waals surface area contributed by atoms with Crippen LogP contribution in [0.2, 0.25) is 0 Å². The number of amides is 1. The number of carbonyl (C=O) groups excluding carboxylic acids is 1. The van der Waals surface area contributed by atoms with Crippen LogP contribution in [0, 0.1) is 0 Å². The van der Waals surface area contributed by atoms with Gasteiger partial charge in [0.15, 0.2) is 0 Å². The molecule has 0 saturated carbocycles. The molecule has 0 bridgehead atoms. The summed E-state index contributed by atoms with van der Waals surface area (Å²) in [6.45, 7) is 6.57. The maximum absolute atomic E-state index is 12.4. The lowest BCUT2D eigenvalue weighted by atomic mass is 10.1. The van der Waals surface area contributed by atoms with Crippen LogP contribution in [0.25, 0.3) is 0 Å². The van der Waals surface area contributed by atoms with Crippen LogP contribution >= 0.6 is 11.8 Å². The van der Waals surface area contributed by atoms with Crippen molar-refractivity contribution in [2.45, 2.75) is 37.8 Å². The minimum absolute atomic E-state index is 0.0204. The molecule has 2 aromatic rings. The molecule has 128 valence electrons. The van der Waals surface area contributed by atoms with E-state index in [9.17, 15) is 4.79 Å². The molecule has 0 heterocycles. The first-order valence-corrected chi connectivity index (χ1v) is 9.33. The van der Waals surface area contributed by atoms with Crippen LogP contribution in [-0.2, 0) is 10.5 Å². The van der Waals surface area contributed by atoms with Crippen molar-refractivity contribution in [2.24, 2.45) is 0 Å². The highest BCUT2D eigenvalue weighted by molar-refractivity contribution is 7.99. The maximum atomic E-state index is 12.4. The second kappa shape index (κ2) is 9.38. The van der Waals surface area contributed by atoms with Crippen molar-refractivity contribution in [1.29, 1.82) is 0 Å². The third kappa shape index (κ3) is 5.60. The maximum Gasteiger partial charge on any atom is 0.233 e. The van der Waals surface area contributed by atoms with Crippen LogP contribution in [-0.4, -0.2) is 17.8 Å². The van der Waals surface area contributed by atoms with E-state index in [-0.39, 0.29) is 17.2 Å². The average Bonchev–Trinajstić information content (AvgIpc) is 2.61. The Hall–Kier alpha value is -1.94. The van der Waals surface area contributed by atoms with Gasteiger partial charge in [-0.05, 0) is 44.0 Å². The van der Waals surface area contributed by atoms with E-state index in [1.165, 1.54) is 5.56 Å². The fourth-order valence-electron chi connectivity index (χ4n) is 2.30. The molecule has 0 aliphatic carbocycles. The van der Waals surface area contributed by atoms with Crippen LogP contribution in [0.1, 0.15) is 37.9 Å². The molecule has 0 fully saturated rings. The molecule has 0 saturated heterocycles. The summed E-state index contributed by atoms with van der Waals surface area (Å²) < 4.78 is 5.44. The Morgan fingerprint density at radius 2 is 1.75 bits per heavy atom. The lowest BCUT2D eigenvalue weighted by Gasteiger charge is -2.18. The number of hydrogen-bond acceptors (Lipinski definition) is 3. The summed E-state index contributed by atoms with van der Waals surface area (Å²) >= 11 is 1.65. The lowest BCUT2D eigenvalue weighted by molar-refractivity contribution is -0.120. The Morgan fingerprint density at radius 1 is 1.08 bits per heavy atom. The van der Waals surface area contributed by atoms with Crippen molar-refractivity contribution < 1.29 is 9.53 Å². The summed E-state index contributed by atoms with van der Waals surface area (Å²) in [7, 11) is 0. The SMILES string of the molecule is CCOc1ccc([C@H](C)NC(=O)[C@@H](C)SCc2ccccc2)cc1. The fraction of sp³-hybridized carbons (Fsp3) is 0.350. The third-order valence-corrected chi connectivity index (χ3v) is 4.98. The van der Waals surface area contributed by atoms with Crippen LogP contribution in [0.3, 0.4) is 0 Å². The van der Waals surface area contributed by atoms with Gasteiger partial charge in [0.25, 0.3) is 0 Å². The van der Waals surface area contributed by atoms with Gasteiger partial charge < -0.3 is 10.1 Å². The molecule has 0 spiro atoms. The third-order valence-electron chi connectivity index (χ3n) is 3.76. The summed E-state index contributed by atoms with van der Waals surface area (Å²) in [6.07, 6.45) is 0. The average molecular weight is 343 g/mol. The molecular weight excluding hydrogens is 318 g/mol. The van der Waals surface area contributed by atoms with Crippen LogP contribution in [0.15, 0.2) is 54.6 Å². The van der Waals surface area contributed by atoms with E-state index < -0.39 is 0 Å². The monoisotopic (exact) mass is 343 g/mol. The first kappa shape index (κ1) is 18.4. The molecule has 24 heavy (non-hydrogen) atoms. The lowest BCUT2D eigenvalue weighted by Crippen LogP contribution is -2.33. The van der Waals surface area contributed by atoms with Crippen molar-refractivity contribution in [3.8, 4) is 5.75 Å². The van der Waals surface area contributed by atoms with Gasteiger partial charge in [0.1, 0.15) is 5.75 Å². The summed E-state index contributed by atoms with van der Waals surface area (Å²) in [5, 5.41) is 3.00. The Bertz CT molecular complexity index is 628. The molecule has 0 aliphatic heterocycles. The molecule has 3 nitrogen and oxygen atoms in total. The normalized spacial score (nSPS) is 13.1. The molecule has 0 radical (unpaired) electrons. The highest BCUT2D eigenvalue weighted by Crippen LogP contribution is 2.21. The topological polar surface area (TPSA) is 38.3 Å². The van der Waals surface area contributed by atoms with Crippen molar-refractivity contribution >= 4 is 17.7 Å². The largest absolute Gasteiger partial charge is 0.494 e. The standard InChI is InChI=1S/C20H25NO2S/c1-4-23-19-12-10-18(11-13-19)15(2)21-20(22)16(3)24-14-17-8-6-5-7-9-17/h5-13,15-16H,4,14H2,1-3H3,(H,21,22)/t15-,16+/m0/s1. The summed E-state index contributed by atoms with van der Waals surface area (Å²) in [5.74, 6) is 1.76. The Kier molecular flexibility index (Phi) is 7.19. The molecule has 2 aromatic carbocycles. The van der Waals surface area contributed by atoms with E-state index in [2.05, 4.69) is 17.4 Å². The zero-order valence-corrected chi connectivity index (χ0v) is 15.3. The van der Waals surface area contributed by atoms with Gasteiger partial charge in [-0.2, -0.15) is 0 Å². The highest BCUT2D eigenvalue weighted by atomic mass is 32.2. The van der Waals surface area contributed by atoms with Gasteiger partial charge in [0.2, 0.25) is 5.91 Å². The number of thioether (sulfide) groups is 1. The predicted octanol–water partition coefficient (Wildman–Crippen LogP) is 4.58. The Labute approximate surface area is 148 Å². The summed E-state index contributed by atoms with van der Waals surface area (Å²) in [5.41, 5.74) is 2.31. The summed E-state index contributed by atoms with van der Waals surface area (Å²) in [6, 6.07) is 18.1. The van der Waals surface area contributed by atoms with Crippen molar-refractivity contribution in [3.63, 3.8) is 0 Å². The highest BCUT2D eigenvalue weighted by Gasteiger charge is 2.16. The zero-order valence-electron chi connectivity index (χ0n) is 14.5. The van der Waals surface area contributed by atoms with Gasteiger partial charge in [-0.25, -0.2) is 0 Å². The molecular formula is C20H25NO2S. The van der Waals surface area contributed by atoms with Crippen LogP contribution < -0.4 is 10.1 Å². The van der Waals surface area contributed by atoms with E-state index in [1.54, 1.807) is 11.8 Å². The molecule has 0 aromatic heterocycles. The van der Waals surface area contributed by atoms with Gasteiger partial charge in [-0.3, -0.25) is 4.79 Å². The fourth-order valence-corrected chi connectivity index (χ4v) is 3.16. The molecule has 2 rings (SSSR count). The predicted molar refractivity (Wildman–Crippen MR) is 101 cm³/mol. The number of carbonyl (C=O) groups is 1. The Morgan fingerprint density at radius 3 is 2.38 bits per heavy atom. The zero-order chi connectivity index (χ0) is 17.4.